The van der Waals surface area contributed by atoms with Crippen LogP contribution in [0.4, 0.5) is 0 Å². The summed E-state index contributed by atoms with van der Waals surface area (Å²) in [4.78, 5) is 26.0. The van der Waals surface area contributed by atoms with Gasteiger partial charge in [0.2, 0.25) is 5.91 Å². The maximum Gasteiger partial charge on any atom is 0.259 e. The molecule has 0 saturated heterocycles. The van der Waals surface area contributed by atoms with Gasteiger partial charge in [0.1, 0.15) is 5.75 Å². The minimum atomic E-state index is -0.147. The van der Waals surface area contributed by atoms with Crippen LogP contribution >= 0.6 is 0 Å². The van der Waals surface area contributed by atoms with Crippen LogP contribution in [0.15, 0.2) is 24.3 Å². The van der Waals surface area contributed by atoms with E-state index in [9.17, 15) is 9.59 Å². The largest absolute Gasteiger partial charge is 0.483 e. The first-order valence-corrected chi connectivity index (χ1v) is 9.40. The minimum Gasteiger partial charge on any atom is -0.483 e. The summed E-state index contributed by atoms with van der Waals surface area (Å²) < 4.78 is 5.72. The summed E-state index contributed by atoms with van der Waals surface area (Å²) in [5, 5.41) is 3.15. The number of benzene rings is 1. The molecule has 1 aromatic carbocycles. The lowest BCUT2D eigenvalue weighted by atomic mass is 9.85. The highest BCUT2D eigenvalue weighted by Crippen LogP contribution is 2.29. The summed E-state index contributed by atoms with van der Waals surface area (Å²) in [6, 6.07) is 7.54. The predicted molar refractivity (Wildman–Crippen MR) is 102 cm³/mol. The molecule has 3 unspecified atom stereocenters. The summed E-state index contributed by atoms with van der Waals surface area (Å²) >= 11 is 0. The monoisotopic (exact) mass is 361 g/mol. The molecule has 2 amide bonds. The molecule has 2 rings (SSSR count). The number of nitrogens with one attached hydrogen (secondary N) is 1. The van der Waals surface area contributed by atoms with Crippen LogP contribution in [-0.4, -0.2) is 43.5 Å². The van der Waals surface area contributed by atoms with Gasteiger partial charge in [0.15, 0.2) is 6.61 Å². The molecule has 6 heteroatoms. The number of ether oxygens (including phenoxy) is 1. The summed E-state index contributed by atoms with van der Waals surface area (Å²) in [6.45, 7) is 2.01. The van der Waals surface area contributed by atoms with Gasteiger partial charge in [-0.05, 0) is 31.7 Å². The molecular formula is C20H31N3O3. The molecule has 144 valence electrons. The van der Waals surface area contributed by atoms with Crippen molar-refractivity contribution in [2.75, 3.05) is 20.7 Å². The Morgan fingerprint density at radius 3 is 2.69 bits per heavy atom. The molecule has 0 spiro atoms. The SMILES string of the molecule is CCC(NC(=O)C1CCCC(N)C1)c1ccccc1OCC(=O)N(C)C. The molecule has 0 aliphatic heterocycles. The molecule has 0 bridgehead atoms. The lowest BCUT2D eigenvalue weighted by molar-refractivity contribution is -0.131. The van der Waals surface area contributed by atoms with E-state index in [2.05, 4.69) is 5.32 Å². The van der Waals surface area contributed by atoms with E-state index in [1.165, 1.54) is 4.90 Å². The molecule has 0 aromatic heterocycles. The van der Waals surface area contributed by atoms with E-state index < -0.39 is 0 Å². The quantitative estimate of drug-likeness (QED) is 0.780. The second-order valence-corrected chi connectivity index (χ2v) is 7.21. The summed E-state index contributed by atoms with van der Waals surface area (Å²) in [7, 11) is 3.39. The van der Waals surface area contributed by atoms with Gasteiger partial charge in [0.25, 0.3) is 5.91 Å². The van der Waals surface area contributed by atoms with E-state index in [4.69, 9.17) is 10.5 Å². The third-order valence-corrected chi connectivity index (χ3v) is 4.95. The topological polar surface area (TPSA) is 84.7 Å². The van der Waals surface area contributed by atoms with Crippen molar-refractivity contribution in [1.29, 1.82) is 0 Å². The third-order valence-electron chi connectivity index (χ3n) is 4.95. The number of hydrogen-bond acceptors (Lipinski definition) is 4. The first-order valence-electron chi connectivity index (χ1n) is 9.40. The molecule has 3 atom stereocenters. The van der Waals surface area contributed by atoms with Crippen molar-refractivity contribution >= 4 is 11.8 Å². The van der Waals surface area contributed by atoms with Crippen molar-refractivity contribution < 1.29 is 14.3 Å². The smallest absolute Gasteiger partial charge is 0.259 e. The molecule has 3 N–H and O–H groups in total. The van der Waals surface area contributed by atoms with E-state index in [0.29, 0.717) is 5.75 Å². The van der Waals surface area contributed by atoms with Gasteiger partial charge < -0.3 is 20.7 Å². The van der Waals surface area contributed by atoms with Gasteiger partial charge in [-0.25, -0.2) is 0 Å². The van der Waals surface area contributed by atoms with E-state index in [1.807, 2.05) is 31.2 Å². The number of para-hydroxylation sites is 1. The van der Waals surface area contributed by atoms with Crippen molar-refractivity contribution in [3.05, 3.63) is 29.8 Å². The summed E-state index contributed by atoms with van der Waals surface area (Å²) in [5.41, 5.74) is 6.92. The Balaban J connectivity index is 2.06. The van der Waals surface area contributed by atoms with Crippen molar-refractivity contribution in [2.45, 2.75) is 51.1 Å². The molecule has 1 aliphatic rings. The number of rotatable bonds is 7. The third kappa shape index (κ3) is 5.46. The predicted octanol–water partition coefficient (Wildman–Crippen LogP) is 2.24. The van der Waals surface area contributed by atoms with Crippen LogP contribution in [0, 0.1) is 5.92 Å². The van der Waals surface area contributed by atoms with Crippen LogP contribution < -0.4 is 15.8 Å². The van der Waals surface area contributed by atoms with Crippen LogP contribution in [0.5, 0.6) is 5.75 Å². The number of carbonyl (C=O) groups is 2. The molecule has 1 fully saturated rings. The summed E-state index contributed by atoms with van der Waals surface area (Å²) in [6.07, 6.45) is 4.38. The highest BCUT2D eigenvalue weighted by molar-refractivity contribution is 5.79. The fraction of sp³-hybridized carbons (Fsp3) is 0.600. The van der Waals surface area contributed by atoms with E-state index in [-0.39, 0.29) is 36.4 Å². The molecule has 0 heterocycles. The normalized spacial score (nSPS) is 20.9. The van der Waals surface area contributed by atoms with Crippen LogP contribution in [0.25, 0.3) is 0 Å². The van der Waals surface area contributed by atoms with Crippen LogP contribution in [0.1, 0.15) is 50.6 Å². The lowest BCUT2D eigenvalue weighted by Gasteiger charge is -2.28. The highest BCUT2D eigenvalue weighted by Gasteiger charge is 2.27. The molecule has 1 aliphatic carbocycles. The van der Waals surface area contributed by atoms with Crippen molar-refractivity contribution in [3.63, 3.8) is 0 Å². The Morgan fingerprint density at radius 2 is 2.04 bits per heavy atom. The Kier molecular flexibility index (Phi) is 7.45. The molecular weight excluding hydrogens is 330 g/mol. The second kappa shape index (κ2) is 9.57. The van der Waals surface area contributed by atoms with Gasteiger partial charge in [-0.2, -0.15) is 0 Å². The van der Waals surface area contributed by atoms with Gasteiger partial charge in [-0.3, -0.25) is 9.59 Å². The number of amides is 2. The van der Waals surface area contributed by atoms with Gasteiger partial charge >= 0.3 is 0 Å². The van der Waals surface area contributed by atoms with Crippen molar-refractivity contribution in [2.24, 2.45) is 11.7 Å². The first-order chi connectivity index (χ1) is 12.4. The van der Waals surface area contributed by atoms with E-state index in [0.717, 1.165) is 37.7 Å². The van der Waals surface area contributed by atoms with E-state index >= 15 is 0 Å². The van der Waals surface area contributed by atoms with Gasteiger partial charge in [0.05, 0.1) is 6.04 Å². The molecule has 1 aromatic rings. The van der Waals surface area contributed by atoms with Gasteiger partial charge in [0, 0.05) is 31.6 Å². The number of nitrogens with two attached hydrogens (primary N) is 1. The number of likely N-dealkylation sites (N-methyl/N-ethyl adjacent to an activating group) is 1. The first kappa shape index (κ1) is 20.2. The van der Waals surface area contributed by atoms with Crippen molar-refractivity contribution in [1.82, 2.24) is 10.2 Å². The summed E-state index contributed by atoms with van der Waals surface area (Å²) in [5.74, 6) is 0.575. The Morgan fingerprint density at radius 1 is 1.31 bits per heavy atom. The number of carbonyl (C=O) groups excluding carboxylic acids is 2. The molecule has 0 radical (unpaired) electrons. The average molecular weight is 361 g/mol. The Hall–Kier alpha value is -2.08. The number of hydrogen-bond donors (Lipinski definition) is 2. The molecule has 6 nitrogen and oxygen atoms in total. The van der Waals surface area contributed by atoms with E-state index in [1.54, 1.807) is 14.1 Å². The zero-order valence-corrected chi connectivity index (χ0v) is 16.0. The van der Waals surface area contributed by atoms with Gasteiger partial charge in [-0.1, -0.05) is 31.5 Å². The Bertz CT molecular complexity index is 618. The number of nitrogens with zero attached hydrogens (tertiary/aromatic N) is 1. The maximum absolute atomic E-state index is 12.7. The highest BCUT2D eigenvalue weighted by atomic mass is 16.5. The van der Waals surface area contributed by atoms with Crippen LogP contribution in [0.2, 0.25) is 0 Å². The standard InChI is InChI=1S/C20H31N3O3/c1-4-17(22-20(25)14-8-7-9-15(21)12-14)16-10-5-6-11-18(16)26-13-19(24)23(2)3/h5-6,10-11,14-15,17H,4,7-9,12-13,21H2,1-3H3,(H,22,25). The molecule has 26 heavy (non-hydrogen) atoms. The average Bonchev–Trinajstić information content (AvgIpc) is 2.64. The maximum atomic E-state index is 12.7. The minimum absolute atomic E-state index is 0.0174. The lowest BCUT2D eigenvalue weighted by Crippen LogP contribution is -2.39. The van der Waals surface area contributed by atoms with Crippen molar-refractivity contribution in [3.8, 4) is 5.75 Å². The zero-order valence-electron chi connectivity index (χ0n) is 16.0. The van der Waals surface area contributed by atoms with Crippen LogP contribution in [-0.2, 0) is 9.59 Å². The van der Waals surface area contributed by atoms with Crippen LogP contribution in [0.3, 0.4) is 0 Å². The zero-order chi connectivity index (χ0) is 19.1. The second-order valence-electron chi connectivity index (χ2n) is 7.21. The fourth-order valence-electron chi connectivity index (χ4n) is 3.32. The fourth-order valence-corrected chi connectivity index (χ4v) is 3.32. The Labute approximate surface area is 156 Å². The molecule has 1 saturated carbocycles. The van der Waals surface area contributed by atoms with Gasteiger partial charge in [-0.15, -0.1) is 0 Å².